The maximum Gasteiger partial charge on any atom is 0.233 e. The molecule has 0 amide bonds. The molecule has 1 saturated carbocycles. The lowest BCUT2D eigenvalue weighted by Gasteiger charge is -2.24. The van der Waals surface area contributed by atoms with E-state index in [4.69, 9.17) is 4.74 Å². The van der Waals surface area contributed by atoms with Crippen LogP contribution in [-0.4, -0.2) is 41.4 Å². The molecule has 0 aromatic carbocycles. The van der Waals surface area contributed by atoms with Crippen LogP contribution in [0.25, 0.3) is 0 Å². The third kappa shape index (κ3) is 7.96. The van der Waals surface area contributed by atoms with Gasteiger partial charge in [-0.05, 0) is 18.9 Å². The summed E-state index contributed by atoms with van der Waals surface area (Å²) >= 11 is 0. The highest BCUT2D eigenvalue weighted by atomic mass is 35.5. The van der Waals surface area contributed by atoms with E-state index in [-0.39, 0.29) is 37.3 Å². The van der Waals surface area contributed by atoms with Crippen LogP contribution in [0.3, 0.4) is 0 Å². The van der Waals surface area contributed by atoms with E-state index >= 15 is 0 Å². The predicted octanol–water partition coefficient (Wildman–Crippen LogP) is 3.28. The number of anilines is 1. The Kier molecular flexibility index (Phi) is 12.4. The van der Waals surface area contributed by atoms with Crippen LogP contribution in [0.2, 0.25) is 0 Å². The zero-order valence-corrected chi connectivity index (χ0v) is 17.0. The molecule has 0 saturated heterocycles. The van der Waals surface area contributed by atoms with E-state index in [2.05, 4.69) is 21.7 Å². The molecule has 1 aromatic rings. The minimum atomic E-state index is -0.643. The molecule has 2 rings (SSSR count). The highest BCUT2D eigenvalue weighted by molar-refractivity contribution is 5.85. The molecule has 1 heterocycles. The van der Waals surface area contributed by atoms with Crippen LogP contribution in [0, 0.1) is 11.3 Å². The van der Waals surface area contributed by atoms with Gasteiger partial charge in [-0.3, -0.25) is 0 Å². The fourth-order valence-corrected chi connectivity index (χ4v) is 2.85. The van der Waals surface area contributed by atoms with Gasteiger partial charge < -0.3 is 20.5 Å². The van der Waals surface area contributed by atoms with Gasteiger partial charge >= 0.3 is 0 Å². The predicted molar refractivity (Wildman–Crippen MR) is 109 cm³/mol. The number of nitrogens with one attached hydrogen (secondary N) is 2. The van der Waals surface area contributed by atoms with Gasteiger partial charge in [0.05, 0.1) is 5.69 Å². The first-order valence-corrected chi connectivity index (χ1v) is 8.80. The third-order valence-corrected chi connectivity index (χ3v) is 4.17. The molecule has 0 spiro atoms. The number of aliphatic hydroxyl groups is 1. The Morgan fingerprint density at radius 2 is 2.00 bits per heavy atom. The van der Waals surface area contributed by atoms with Crippen LogP contribution >= 0.6 is 24.8 Å². The molecule has 1 aliphatic carbocycles. The maximum atomic E-state index is 9.94. The minimum absolute atomic E-state index is 0. The first kappa shape index (κ1) is 24.7. The molecule has 0 radical (unpaired) electrons. The molecule has 0 aliphatic heterocycles. The van der Waals surface area contributed by atoms with Crippen LogP contribution in [-0.2, 0) is 0 Å². The van der Waals surface area contributed by atoms with Crippen LogP contribution in [0.4, 0.5) is 5.69 Å². The number of rotatable bonds is 8. The fraction of sp³-hybridized carbons (Fsp3) is 0.667. The largest absolute Gasteiger partial charge is 0.474 e. The van der Waals surface area contributed by atoms with Gasteiger partial charge in [-0.2, -0.15) is 5.26 Å². The first-order valence-electron chi connectivity index (χ1n) is 8.80. The highest BCUT2D eigenvalue weighted by Crippen LogP contribution is 2.27. The van der Waals surface area contributed by atoms with E-state index in [9.17, 15) is 10.4 Å². The Labute approximate surface area is 168 Å². The van der Waals surface area contributed by atoms with Gasteiger partial charge in [0.15, 0.2) is 0 Å². The van der Waals surface area contributed by atoms with Crippen molar-refractivity contribution < 1.29 is 9.84 Å². The molecule has 148 valence electrons. The quantitative estimate of drug-likeness (QED) is 0.615. The molecule has 0 bridgehead atoms. The molecule has 1 atom stereocenters. The summed E-state index contributed by atoms with van der Waals surface area (Å²) in [6.45, 7) is 4.58. The number of pyridine rings is 1. The summed E-state index contributed by atoms with van der Waals surface area (Å²) in [5, 5.41) is 26.0. The monoisotopic (exact) mass is 404 g/mol. The molecule has 3 N–H and O–H groups in total. The number of aromatic nitrogens is 1. The molecule has 6 nitrogen and oxygen atoms in total. The number of ether oxygens (including phenoxy) is 1. The van der Waals surface area contributed by atoms with Crippen molar-refractivity contribution in [3.63, 3.8) is 0 Å². The highest BCUT2D eigenvalue weighted by Gasteiger charge is 2.18. The smallest absolute Gasteiger partial charge is 0.233 e. The van der Waals surface area contributed by atoms with Gasteiger partial charge in [0.25, 0.3) is 0 Å². The molecule has 1 aromatic heterocycles. The van der Waals surface area contributed by atoms with Crippen LogP contribution in [0.1, 0.15) is 51.5 Å². The fourth-order valence-electron chi connectivity index (χ4n) is 2.85. The van der Waals surface area contributed by atoms with E-state index in [1.54, 1.807) is 6.20 Å². The SMILES string of the molecule is CC(C)NCC(O)COc1nccc(NC2CCCCC2)c1C#N.Cl.Cl. The van der Waals surface area contributed by atoms with Gasteiger partial charge in [-0.15, -0.1) is 24.8 Å². The lowest BCUT2D eigenvalue weighted by molar-refractivity contribution is 0.102. The number of aliphatic hydroxyl groups excluding tert-OH is 1. The Hall–Kier alpha value is -1.26. The molecule has 1 aliphatic rings. The van der Waals surface area contributed by atoms with Gasteiger partial charge in [-0.1, -0.05) is 33.1 Å². The number of hydrogen-bond acceptors (Lipinski definition) is 6. The van der Waals surface area contributed by atoms with Crippen molar-refractivity contribution in [1.82, 2.24) is 10.3 Å². The molecule has 1 unspecified atom stereocenters. The van der Waals surface area contributed by atoms with E-state index < -0.39 is 6.10 Å². The standard InChI is InChI=1S/C18H28N4O2.2ClH/c1-13(2)21-11-15(23)12-24-18-16(10-19)17(8-9-20-18)22-14-6-4-3-5-7-14;;/h8-9,13-15,21,23H,3-7,11-12H2,1-2H3,(H,20,22);2*1H. The normalized spacial score (nSPS) is 15.3. The average molecular weight is 405 g/mol. The van der Waals surface area contributed by atoms with Crippen LogP contribution in [0.5, 0.6) is 5.88 Å². The second-order valence-electron chi connectivity index (χ2n) is 6.66. The topological polar surface area (TPSA) is 90.2 Å². The van der Waals surface area contributed by atoms with Crippen molar-refractivity contribution >= 4 is 30.5 Å². The maximum absolute atomic E-state index is 9.94. The molecular weight excluding hydrogens is 375 g/mol. The van der Waals surface area contributed by atoms with Crippen molar-refractivity contribution in [2.24, 2.45) is 0 Å². The number of nitrogens with zero attached hydrogens (tertiary/aromatic N) is 2. The summed E-state index contributed by atoms with van der Waals surface area (Å²) in [5.74, 6) is 0.280. The zero-order chi connectivity index (χ0) is 17.4. The summed E-state index contributed by atoms with van der Waals surface area (Å²) in [6.07, 6.45) is 6.99. The Morgan fingerprint density at radius 3 is 2.62 bits per heavy atom. The molecule has 26 heavy (non-hydrogen) atoms. The second-order valence-corrected chi connectivity index (χ2v) is 6.66. The van der Waals surface area contributed by atoms with Crippen molar-refractivity contribution in [3.8, 4) is 11.9 Å². The Bertz CT molecular complexity index is 561. The lowest BCUT2D eigenvalue weighted by atomic mass is 9.95. The summed E-state index contributed by atoms with van der Waals surface area (Å²) in [6, 6.07) is 4.70. The molecule has 1 fully saturated rings. The van der Waals surface area contributed by atoms with Gasteiger partial charge in [0, 0.05) is 24.8 Å². The molecule has 8 heteroatoms. The second kappa shape index (κ2) is 13.0. The van der Waals surface area contributed by atoms with Crippen molar-refractivity contribution in [2.45, 2.75) is 64.1 Å². The zero-order valence-electron chi connectivity index (χ0n) is 15.4. The summed E-state index contributed by atoms with van der Waals surface area (Å²) < 4.78 is 5.59. The van der Waals surface area contributed by atoms with Gasteiger partial charge in [-0.25, -0.2) is 4.98 Å². The van der Waals surface area contributed by atoms with E-state index in [1.807, 2.05) is 19.9 Å². The first-order chi connectivity index (χ1) is 11.6. The van der Waals surface area contributed by atoms with E-state index in [0.717, 1.165) is 18.5 Å². The van der Waals surface area contributed by atoms with E-state index in [0.29, 0.717) is 24.2 Å². The van der Waals surface area contributed by atoms with E-state index in [1.165, 1.54) is 19.3 Å². The van der Waals surface area contributed by atoms with Gasteiger partial charge in [0.1, 0.15) is 24.3 Å². The summed E-state index contributed by atoms with van der Waals surface area (Å²) in [4.78, 5) is 4.15. The Morgan fingerprint density at radius 1 is 1.31 bits per heavy atom. The van der Waals surface area contributed by atoms with Crippen LogP contribution < -0.4 is 15.4 Å². The van der Waals surface area contributed by atoms with Crippen molar-refractivity contribution in [2.75, 3.05) is 18.5 Å². The minimum Gasteiger partial charge on any atom is -0.474 e. The Balaban J connectivity index is 0.00000312. The summed E-state index contributed by atoms with van der Waals surface area (Å²) in [7, 11) is 0. The van der Waals surface area contributed by atoms with Gasteiger partial charge in [0.2, 0.25) is 5.88 Å². The number of nitriles is 1. The lowest BCUT2D eigenvalue weighted by Crippen LogP contribution is -2.35. The third-order valence-electron chi connectivity index (χ3n) is 4.17. The van der Waals surface area contributed by atoms with Crippen molar-refractivity contribution in [1.29, 1.82) is 5.26 Å². The van der Waals surface area contributed by atoms with Crippen LogP contribution in [0.15, 0.2) is 12.3 Å². The van der Waals surface area contributed by atoms with Crippen molar-refractivity contribution in [3.05, 3.63) is 17.8 Å². The molecular formula is C18H30Cl2N4O2. The number of hydrogen-bond donors (Lipinski definition) is 3. The number of halogens is 2. The average Bonchev–Trinajstić information content (AvgIpc) is 2.59. The summed E-state index contributed by atoms with van der Waals surface area (Å²) in [5.41, 5.74) is 1.18.